The first-order valence-electron chi connectivity index (χ1n) is 23.2. The van der Waals surface area contributed by atoms with Crippen LogP contribution in [0.2, 0.25) is 0 Å². The van der Waals surface area contributed by atoms with Crippen LogP contribution in [-0.4, -0.2) is 120 Å². The third kappa shape index (κ3) is 8.84. The molecule has 0 aliphatic carbocycles. The molecule has 4 heterocycles. The molecule has 0 radical (unpaired) electrons. The SMILES string of the molecule is Cc1ccc2c(N3CCN(C(C(=O)C([C@H](O)c4ccccc4)N4CCN(c5nc(-c6ccccc6O)nc6cc(C)ccc56)CC4)[C@H](O)c4ccccc4)CC3)nc(-c3ccccc3O)nc2c1. The van der Waals surface area contributed by atoms with Crippen LogP contribution in [0.1, 0.15) is 34.5 Å². The highest BCUT2D eigenvalue weighted by atomic mass is 16.3. The van der Waals surface area contributed by atoms with E-state index in [1.807, 2.05) is 135 Å². The van der Waals surface area contributed by atoms with Gasteiger partial charge in [-0.05, 0) is 84.6 Å². The van der Waals surface area contributed by atoms with Crippen molar-refractivity contribution in [2.75, 3.05) is 62.2 Å². The van der Waals surface area contributed by atoms with Gasteiger partial charge in [0.05, 0.1) is 22.2 Å². The number of benzene rings is 6. The van der Waals surface area contributed by atoms with Gasteiger partial charge >= 0.3 is 0 Å². The number of carbonyl (C=O) groups is 1. The Hall–Kier alpha value is -7.29. The number of anilines is 2. The Morgan fingerprint density at radius 1 is 0.471 bits per heavy atom. The number of phenolic OH excluding ortho intramolecular Hbond substituents is 2. The van der Waals surface area contributed by atoms with Gasteiger partial charge < -0.3 is 30.2 Å². The predicted octanol–water partition coefficient (Wildman–Crippen LogP) is 7.65. The summed E-state index contributed by atoms with van der Waals surface area (Å²) in [4.78, 5) is 44.1. The maximum Gasteiger partial charge on any atom is 0.173 e. The summed E-state index contributed by atoms with van der Waals surface area (Å²) < 4.78 is 0. The molecule has 8 aromatic rings. The van der Waals surface area contributed by atoms with Crippen LogP contribution in [0.5, 0.6) is 11.5 Å². The van der Waals surface area contributed by atoms with Crippen LogP contribution in [0.15, 0.2) is 146 Å². The van der Waals surface area contributed by atoms with Crippen molar-refractivity contribution in [3.63, 3.8) is 0 Å². The summed E-state index contributed by atoms with van der Waals surface area (Å²) in [5.41, 5.74) is 5.93. The van der Waals surface area contributed by atoms with E-state index in [1.54, 1.807) is 24.3 Å². The van der Waals surface area contributed by atoms with Crippen molar-refractivity contribution in [1.82, 2.24) is 29.7 Å². The smallest absolute Gasteiger partial charge is 0.173 e. The highest BCUT2D eigenvalue weighted by Crippen LogP contribution is 2.37. The molecule has 0 spiro atoms. The van der Waals surface area contributed by atoms with Gasteiger partial charge in [0.2, 0.25) is 0 Å². The predicted molar refractivity (Wildman–Crippen MR) is 266 cm³/mol. The highest BCUT2D eigenvalue weighted by Gasteiger charge is 2.45. The highest BCUT2D eigenvalue weighted by molar-refractivity contribution is 5.94. The van der Waals surface area contributed by atoms with Crippen LogP contribution in [0, 0.1) is 13.8 Å². The number of piperazine rings is 2. The topological polar surface area (TPSA) is 163 Å². The number of fused-ring (bicyclic) bond motifs is 2. The standard InChI is InChI=1S/C55H54N8O5/c1-35-21-23-39-43(33-35)56-52(41-17-9-11-19-45(41)64)58-54(39)62-29-25-60(26-30-62)47(49(66)37-13-5-3-6-14-37)51(68)48(50(67)38-15-7-4-8-16-38)61-27-31-63(32-28-61)55-40-24-22-36(2)34-44(40)57-53(59-55)42-18-10-12-20-46(42)65/h3-24,33-34,47-50,64-67H,25-32H2,1-2H3/t47?,48?,49-,50-/m1/s1. The molecule has 13 nitrogen and oxygen atoms in total. The van der Waals surface area contributed by atoms with Crippen LogP contribution in [0.4, 0.5) is 11.6 Å². The summed E-state index contributed by atoms with van der Waals surface area (Å²) in [5, 5.41) is 48.2. The lowest BCUT2D eigenvalue weighted by Crippen LogP contribution is -2.61. The lowest BCUT2D eigenvalue weighted by molar-refractivity contribution is -0.139. The van der Waals surface area contributed by atoms with E-state index in [0.717, 1.165) is 44.6 Å². The maximum atomic E-state index is 15.7. The van der Waals surface area contributed by atoms with E-state index >= 15 is 4.79 Å². The van der Waals surface area contributed by atoms with E-state index in [-0.39, 0.29) is 17.3 Å². The van der Waals surface area contributed by atoms with Gasteiger partial charge in [-0.15, -0.1) is 0 Å². The third-order valence-electron chi connectivity index (χ3n) is 13.4. The number of hydrogen-bond acceptors (Lipinski definition) is 13. The van der Waals surface area contributed by atoms with Crippen molar-refractivity contribution in [2.45, 2.75) is 38.1 Å². The van der Waals surface area contributed by atoms with Crippen molar-refractivity contribution in [2.24, 2.45) is 0 Å². The van der Waals surface area contributed by atoms with Crippen LogP contribution in [0.25, 0.3) is 44.6 Å². The zero-order valence-corrected chi connectivity index (χ0v) is 38.1. The van der Waals surface area contributed by atoms with Gasteiger partial charge in [-0.1, -0.05) is 97.1 Å². The number of aromatic nitrogens is 4. The molecule has 2 aliphatic heterocycles. The minimum Gasteiger partial charge on any atom is -0.507 e. The van der Waals surface area contributed by atoms with Crippen molar-refractivity contribution in [3.05, 3.63) is 168 Å². The van der Waals surface area contributed by atoms with Crippen LogP contribution >= 0.6 is 0 Å². The molecule has 68 heavy (non-hydrogen) atoms. The molecule has 2 aromatic heterocycles. The Labute approximate surface area is 395 Å². The molecular formula is C55H54N8O5. The molecule has 2 unspecified atom stereocenters. The molecule has 2 fully saturated rings. The van der Waals surface area contributed by atoms with Gasteiger partial charge in [0.15, 0.2) is 17.4 Å². The Morgan fingerprint density at radius 2 is 0.838 bits per heavy atom. The van der Waals surface area contributed by atoms with Gasteiger partial charge in [0.25, 0.3) is 0 Å². The number of hydrogen-bond donors (Lipinski definition) is 4. The molecule has 0 saturated carbocycles. The summed E-state index contributed by atoms with van der Waals surface area (Å²) in [6, 6.07) is 42.9. The molecule has 344 valence electrons. The minimum atomic E-state index is -1.19. The van der Waals surface area contributed by atoms with Gasteiger partial charge in [-0.25, -0.2) is 19.9 Å². The summed E-state index contributed by atoms with van der Waals surface area (Å²) >= 11 is 0. The van der Waals surface area contributed by atoms with E-state index in [1.165, 1.54) is 0 Å². The monoisotopic (exact) mass is 906 g/mol. The first kappa shape index (κ1) is 44.5. The summed E-state index contributed by atoms with van der Waals surface area (Å²) in [6.45, 7) is 7.69. The number of para-hydroxylation sites is 2. The van der Waals surface area contributed by atoms with Crippen molar-refractivity contribution in [3.8, 4) is 34.3 Å². The quantitative estimate of drug-likeness (QED) is 0.0947. The van der Waals surface area contributed by atoms with E-state index in [0.29, 0.717) is 86.3 Å². The number of phenols is 2. The first-order valence-corrected chi connectivity index (χ1v) is 23.2. The first-order chi connectivity index (χ1) is 33.1. The average molecular weight is 907 g/mol. The number of aliphatic hydroxyl groups is 2. The fourth-order valence-electron chi connectivity index (χ4n) is 9.83. The number of Topliss-reactive ketones (excluding diaryl/α,β-unsaturated/α-hetero) is 1. The molecule has 13 heteroatoms. The largest absolute Gasteiger partial charge is 0.507 e. The van der Waals surface area contributed by atoms with Crippen LogP contribution in [-0.2, 0) is 4.79 Å². The van der Waals surface area contributed by atoms with E-state index < -0.39 is 24.3 Å². The van der Waals surface area contributed by atoms with Gasteiger partial charge in [0.1, 0.15) is 47.4 Å². The number of carbonyl (C=O) groups excluding carboxylic acids is 1. The fraction of sp³-hybridized carbons (Fsp3) is 0.255. The second-order valence-electron chi connectivity index (χ2n) is 17.9. The Balaban J connectivity index is 0.968. The Kier molecular flexibility index (Phi) is 12.5. The maximum absolute atomic E-state index is 15.7. The summed E-state index contributed by atoms with van der Waals surface area (Å²) in [6.07, 6.45) is -2.39. The average Bonchev–Trinajstić information content (AvgIpc) is 3.37. The molecule has 0 bridgehead atoms. The number of aliphatic hydroxyl groups excluding tert-OH is 2. The Morgan fingerprint density at radius 3 is 1.22 bits per heavy atom. The van der Waals surface area contributed by atoms with Crippen molar-refractivity contribution >= 4 is 39.2 Å². The zero-order chi connectivity index (χ0) is 46.9. The lowest BCUT2D eigenvalue weighted by atomic mass is 9.87. The van der Waals surface area contributed by atoms with Crippen LogP contribution < -0.4 is 9.80 Å². The van der Waals surface area contributed by atoms with Gasteiger partial charge in [-0.3, -0.25) is 14.6 Å². The molecule has 10 rings (SSSR count). The molecule has 6 aromatic carbocycles. The van der Waals surface area contributed by atoms with Crippen molar-refractivity contribution < 1.29 is 25.2 Å². The molecule has 4 atom stereocenters. The lowest BCUT2D eigenvalue weighted by Gasteiger charge is -2.45. The second-order valence-corrected chi connectivity index (χ2v) is 17.9. The third-order valence-corrected chi connectivity index (χ3v) is 13.4. The molecule has 2 saturated heterocycles. The molecule has 0 amide bonds. The summed E-state index contributed by atoms with van der Waals surface area (Å²) in [7, 11) is 0. The normalized spacial score (nSPS) is 16.7. The van der Waals surface area contributed by atoms with E-state index in [9.17, 15) is 20.4 Å². The minimum absolute atomic E-state index is 0.0936. The van der Waals surface area contributed by atoms with Gasteiger partial charge in [-0.2, -0.15) is 0 Å². The zero-order valence-electron chi connectivity index (χ0n) is 38.1. The summed E-state index contributed by atoms with van der Waals surface area (Å²) in [5.74, 6) is 2.22. The van der Waals surface area contributed by atoms with Gasteiger partial charge in [0, 0.05) is 63.1 Å². The van der Waals surface area contributed by atoms with E-state index in [4.69, 9.17) is 19.9 Å². The molecule has 2 aliphatic rings. The van der Waals surface area contributed by atoms with Crippen LogP contribution in [0.3, 0.4) is 0 Å². The fourth-order valence-corrected chi connectivity index (χ4v) is 9.83. The second kappa shape index (κ2) is 19.1. The van der Waals surface area contributed by atoms with E-state index in [2.05, 4.69) is 19.6 Å². The molecule has 4 N–H and O–H groups in total. The number of rotatable bonds is 12. The number of nitrogens with zero attached hydrogens (tertiary/aromatic N) is 8. The Bertz CT molecular complexity index is 2880. The number of aromatic hydroxyl groups is 2. The molecular weight excluding hydrogens is 853 g/mol. The number of aryl methyl sites for hydroxylation is 2. The van der Waals surface area contributed by atoms with Crippen molar-refractivity contribution in [1.29, 1.82) is 0 Å². The number of ketones is 1.